The summed E-state index contributed by atoms with van der Waals surface area (Å²) in [6.07, 6.45) is -0.500. The van der Waals surface area contributed by atoms with Crippen molar-refractivity contribution >= 4 is 33.3 Å². The zero-order chi connectivity index (χ0) is 15.7. The first kappa shape index (κ1) is 15.0. The van der Waals surface area contributed by atoms with Crippen molar-refractivity contribution in [2.45, 2.75) is 19.4 Å². The second-order valence-electron chi connectivity index (χ2n) is 5.39. The van der Waals surface area contributed by atoms with Gasteiger partial charge in [-0.3, -0.25) is 9.59 Å². The zero-order valence-electron chi connectivity index (χ0n) is 12.2. The molecule has 1 aliphatic rings. The summed E-state index contributed by atoms with van der Waals surface area (Å²) >= 11 is 1.49. The first-order valence-electron chi connectivity index (χ1n) is 7.17. The number of amides is 1. The molecule has 1 atom stereocenters. The summed E-state index contributed by atoms with van der Waals surface area (Å²) in [5.41, 5.74) is 0.992. The van der Waals surface area contributed by atoms with Gasteiger partial charge in [-0.2, -0.15) is 0 Å². The number of rotatable bonds is 3. The van der Waals surface area contributed by atoms with Crippen LogP contribution in [0.5, 0.6) is 0 Å². The van der Waals surface area contributed by atoms with Crippen molar-refractivity contribution in [3.8, 4) is 0 Å². The van der Waals surface area contributed by atoms with E-state index >= 15 is 0 Å². The molecule has 1 amide bonds. The highest BCUT2D eigenvalue weighted by molar-refractivity contribution is 7.21. The highest BCUT2D eigenvalue weighted by Crippen LogP contribution is 2.31. The molecule has 1 aromatic carbocycles. The van der Waals surface area contributed by atoms with E-state index in [1.807, 2.05) is 31.2 Å². The Hall–Kier alpha value is -1.92. The Bertz CT molecular complexity index is 724. The van der Waals surface area contributed by atoms with Gasteiger partial charge in [0.25, 0.3) is 5.91 Å². The highest BCUT2D eigenvalue weighted by atomic mass is 32.1. The molecular weight excluding hydrogens is 302 g/mol. The molecule has 0 aliphatic carbocycles. The fourth-order valence-corrected chi connectivity index (χ4v) is 3.92. The fourth-order valence-electron chi connectivity index (χ4n) is 2.74. The third kappa shape index (κ3) is 2.84. The van der Waals surface area contributed by atoms with Crippen LogP contribution in [0.4, 0.5) is 0 Å². The van der Waals surface area contributed by atoms with Gasteiger partial charge in [0.2, 0.25) is 0 Å². The van der Waals surface area contributed by atoms with E-state index in [0.717, 1.165) is 20.5 Å². The Kier molecular flexibility index (Phi) is 4.13. The maximum Gasteiger partial charge on any atom is 0.306 e. The fraction of sp³-hybridized carbons (Fsp3) is 0.375. The number of ether oxygens (including phenoxy) is 1. The Labute approximate surface area is 132 Å². The van der Waals surface area contributed by atoms with Crippen LogP contribution in [0, 0.1) is 6.92 Å². The van der Waals surface area contributed by atoms with Crippen LogP contribution in [-0.2, 0) is 9.53 Å². The molecule has 116 valence electrons. The highest BCUT2D eigenvalue weighted by Gasteiger charge is 2.28. The number of aliphatic carboxylic acids is 1. The molecule has 2 aromatic rings. The number of carbonyl (C=O) groups is 2. The number of hydrogen-bond donors (Lipinski definition) is 1. The van der Waals surface area contributed by atoms with E-state index in [2.05, 4.69) is 0 Å². The van der Waals surface area contributed by atoms with Gasteiger partial charge >= 0.3 is 5.97 Å². The molecule has 0 radical (unpaired) electrons. The number of nitrogens with zero attached hydrogens (tertiary/aromatic N) is 1. The maximum atomic E-state index is 12.8. The summed E-state index contributed by atoms with van der Waals surface area (Å²) in [6, 6.07) is 7.96. The Balaban J connectivity index is 1.83. The molecule has 0 spiro atoms. The maximum absolute atomic E-state index is 12.8. The number of thiophene rings is 1. The van der Waals surface area contributed by atoms with E-state index in [0.29, 0.717) is 19.7 Å². The Morgan fingerprint density at radius 3 is 2.91 bits per heavy atom. The average molecular weight is 319 g/mol. The minimum Gasteiger partial charge on any atom is -0.481 e. The predicted molar refractivity (Wildman–Crippen MR) is 84.5 cm³/mol. The van der Waals surface area contributed by atoms with Crippen molar-refractivity contribution in [1.82, 2.24) is 4.90 Å². The minimum atomic E-state index is -0.905. The summed E-state index contributed by atoms with van der Waals surface area (Å²) in [5.74, 6) is -0.935. The predicted octanol–water partition coefficient (Wildman–Crippen LogP) is 2.53. The van der Waals surface area contributed by atoms with Crippen molar-refractivity contribution in [2.75, 3.05) is 19.7 Å². The summed E-state index contributed by atoms with van der Waals surface area (Å²) in [5, 5.41) is 9.97. The van der Waals surface area contributed by atoms with Gasteiger partial charge in [0.15, 0.2) is 0 Å². The lowest BCUT2D eigenvalue weighted by Gasteiger charge is -2.32. The van der Waals surface area contributed by atoms with Crippen LogP contribution in [0.2, 0.25) is 0 Å². The van der Waals surface area contributed by atoms with Crippen LogP contribution in [0.1, 0.15) is 21.7 Å². The van der Waals surface area contributed by atoms with Gasteiger partial charge in [0.05, 0.1) is 24.0 Å². The van der Waals surface area contributed by atoms with Gasteiger partial charge < -0.3 is 14.7 Å². The van der Waals surface area contributed by atoms with Crippen molar-refractivity contribution in [3.63, 3.8) is 0 Å². The summed E-state index contributed by atoms with van der Waals surface area (Å²) in [4.78, 5) is 26.0. The van der Waals surface area contributed by atoms with E-state index in [9.17, 15) is 9.59 Å². The molecule has 6 heteroatoms. The molecule has 1 unspecified atom stereocenters. The summed E-state index contributed by atoms with van der Waals surface area (Å²) in [6.45, 7) is 3.18. The molecule has 1 aromatic heterocycles. The topological polar surface area (TPSA) is 66.8 Å². The average Bonchev–Trinajstić information content (AvgIpc) is 2.84. The van der Waals surface area contributed by atoms with Crippen LogP contribution in [0.25, 0.3) is 10.1 Å². The van der Waals surface area contributed by atoms with Crippen LogP contribution >= 0.6 is 11.3 Å². The van der Waals surface area contributed by atoms with Crippen molar-refractivity contribution < 1.29 is 19.4 Å². The molecule has 2 heterocycles. The van der Waals surface area contributed by atoms with Gasteiger partial charge in [-0.15, -0.1) is 11.3 Å². The van der Waals surface area contributed by atoms with Crippen LogP contribution in [0.3, 0.4) is 0 Å². The Morgan fingerprint density at radius 2 is 2.18 bits per heavy atom. The van der Waals surface area contributed by atoms with Gasteiger partial charge in [-0.1, -0.05) is 18.2 Å². The standard InChI is InChI=1S/C16H17NO4S/c1-10-12-4-2-3-5-13(12)22-15(10)16(20)17-6-7-21-11(9-17)8-14(18)19/h2-5,11H,6-9H2,1H3,(H,18,19). The van der Waals surface area contributed by atoms with E-state index in [-0.39, 0.29) is 12.3 Å². The second kappa shape index (κ2) is 6.06. The Morgan fingerprint density at radius 1 is 1.41 bits per heavy atom. The zero-order valence-corrected chi connectivity index (χ0v) is 13.1. The molecule has 5 nitrogen and oxygen atoms in total. The minimum absolute atomic E-state index is 0.0302. The van der Waals surface area contributed by atoms with Crippen LogP contribution < -0.4 is 0 Å². The van der Waals surface area contributed by atoms with Crippen LogP contribution in [-0.4, -0.2) is 47.7 Å². The normalized spacial score (nSPS) is 18.6. The number of carbonyl (C=O) groups excluding carboxylic acids is 1. The van der Waals surface area contributed by atoms with Crippen molar-refractivity contribution in [1.29, 1.82) is 0 Å². The second-order valence-corrected chi connectivity index (χ2v) is 6.45. The number of carboxylic acid groups (broad SMARTS) is 1. The monoisotopic (exact) mass is 319 g/mol. The third-order valence-electron chi connectivity index (χ3n) is 3.87. The number of morpholine rings is 1. The smallest absolute Gasteiger partial charge is 0.306 e. The lowest BCUT2D eigenvalue weighted by molar-refractivity contribution is -0.141. The lowest BCUT2D eigenvalue weighted by Crippen LogP contribution is -2.46. The van der Waals surface area contributed by atoms with Gasteiger partial charge in [0, 0.05) is 17.8 Å². The lowest BCUT2D eigenvalue weighted by atomic mass is 10.1. The number of carboxylic acids is 1. The van der Waals surface area contributed by atoms with Crippen molar-refractivity contribution in [3.05, 3.63) is 34.7 Å². The molecule has 0 saturated carbocycles. The molecule has 1 fully saturated rings. The first-order chi connectivity index (χ1) is 10.6. The van der Waals surface area contributed by atoms with Gasteiger partial charge in [-0.05, 0) is 23.9 Å². The largest absolute Gasteiger partial charge is 0.481 e. The molecule has 3 rings (SSSR count). The molecule has 1 saturated heterocycles. The van der Waals surface area contributed by atoms with E-state index in [1.54, 1.807) is 4.90 Å². The number of hydrogen-bond acceptors (Lipinski definition) is 4. The van der Waals surface area contributed by atoms with E-state index in [4.69, 9.17) is 9.84 Å². The molecule has 1 N–H and O–H groups in total. The first-order valence-corrected chi connectivity index (χ1v) is 7.98. The third-order valence-corrected chi connectivity index (χ3v) is 5.13. The number of benzene rings is 1. The van der Waals surface area contributed by atoms with Gasteiger partial charge in [0.1, 0.15) is 0 Å². The summed E-state index contributed by atoms with van der Waals surface area (Å²) in [7, 11) is 0. The van der Waals surface area contributed by atoms with E-state index < -0.39 is 12.1 Å². The molecular formula is C16H17NO4S. The molecule has 0 bridgehead atoms. The number of aryl methyl sites for hydroxylation is 1. The quantitative estimate of drug-likeness (QED) is 0.944. The molecule has 22 heavy (non-hydrogen) atoms. The van der Waals surface area contributed by atoms with Crippen molar-refractivity contribution in [2.24, 2.45) is 0 Å². The SMILES string of the molecule is Cc1c(C(=O)N2CCOC(CC(=O)O)C2)sc2ccccc12. The summed E-state index contributed by atoms with van der Waals surface area (Å²) < 4.78 is 6.52. The molecule has 1 aliphatic heterocycles. The van der Waals surface area contributed by atoms with E-state index in [1.165, 1.54) is 11.3 Å². The van der Waals surface area contributed by atoms with Crippen LogP contribution in [0.15, 0.2) is 24.3 Å². The van der Waals surface area contributed by atoms with Gasteiger partial charge in [-0.25, -0.2) is 0 Å². The number of fused-ring (bicyclic) bond motifs is 1.